The Morgan fingerprint density at radius 2 is 1.86 bits per heavy atom. The number of benzene rings is 1. The molecule has 0 N–H and O–H groups in total. The van der Waals surface area contributed by atoms with Gasteiger partial charge in [0.1, 0.15) is 18.3 Å². The zero-order valence-corrected chi connectivity index (χ0v) is 12.7. The molecule has 1 aromatic rings. The average molecular weight is 328 g/mol. The summed E-state index contributed by atoms with van der Waals surface area (Å²) in [6, 6.07) is 9.18. The number of carbonyl (C=O) groups excluding carboxylic acids is 1. The van der Waals surface area contributed by atoms with Crippen molar-refractivity contribution in [1.82, 2.24) is 0 Å². The molecule has 120 valence electrons. The highest BCUT2D eigenvalue weighted by molar-refractivity contribution is 7.82. The van der Waals surface area contributed by atoms with Crippen molar-refractivity contribution in [1.29, 1.82) is 0 Å². The summed E-state index contributed by atoms with van der Waals surface area (Å²) in [5.74, 6) is -0.384. The molecule has 0 bridgehead atoms. The molecule has 7 nitrogen and oxygen atoms in total. The fraction of sp³-hybridized carbons (Fsp3) is 0.500. The summed E-state index contributed by atoms with van der Waals surface area (Å²) in [6.07, 6.45) is -2.17. The second-order valence-corrected chi connectivity index (χ2v) is 6.35. The van der Waals surface area contributed by atoms with Crippen molar-refractivity contribution in [3.05, 3.63) is 35.9 Å². The van der Waals surface area contributed by atoms with Gasteiger partial charge in [-0.3, -0.25) is 4.79 Å². The Hall–Kier alpha value is -1.48. The van der Waals surface area contributed by atoms with Crippen molar-refractivity contribution < 1.29 is 31.1 Å². The minimum Gasteiger partial charge on any atom is -0.469 e. The molecule has 0 aliphatic carbocycles. The standard InChI is InChI=1S/C14H16O7S/c1-18-11(15)8-7-10-13-14(21-22(16,17)20-13)12(19-10)9-5-3-2-4-6-9/h2-6,10,12-14H,7-8H2,1H3/t10-,12+,13-,14+/m0/s1. The van der Waals surface area contributed by atoms with Gasteiger partial charge in [0.15, 0.2) is 0 Å². The van der Waals surface area contributed by atoms with Crippen LogP contribution in [0.4, 0.5) is 0 Å². The lowest BCUT2D eigenvalue weighted by molar-refractivity contribution is -0.141. The fourth-order valence-electron chi connectivity index (χ4n) is 2.75. The van der Waals surface area contributed by atoms with Crippen molar-refractivity contribution in [3.63, 3.8) is 0 Å². The van der Waals surface area contributed by atoms with Crippen LogP contribution in [0.1, 0.15) is 24.5 Å². The molecule has 8 heteroatoms. The fourth-order valence-corrected chi connectivity index (χ4v) is 3.78. The van der Waals surface area contributed by atoms with E-state index in [0.717, 1.165) is 5.56 Å². The Bertz CT molecular complexity index is 642. The molecule has 0 amide bonds. The van der Waals surface area contributed by atoms with E-state index >= 15 is 0 Å². The van der Waals surface area contributed by atoms with Crippen molar-refractivity contribution in [3.8, 4) is 0 Å². The summed E-state index contributed by atoms with van der Waals surface area (Å²) in [5.41, 5.74) is 0.804. The highest BCUT2D eigenvalue weighted by Gasteiger charge is 2.55. The van der Waals surface area contributed by atoms with Gasteiger partial charge in [-0.25, -0.2) is 8.37 Å². The van der Waals surface area contributed by atoms with Gasteiger partial charge in [-0.15, -0.1) is 0 Å². The van der Waals surface area contributed by atoms with Crippen molar-refractivity contribution in [2.24, 2.45) is 0 Å². The van der Waals surface area contributed by atoms with Crippen LogP contribution in [-0.2, 0) is 33.0 Å². The van der Waals surface area contributed by atoms with Crippen LogP contribution < -0.4 is 0 Å². The number of methoxy groups -OCH3 is 1. The molecule has 1 aromatic carbocycles. The maximum Gasteiger partial charge on any atom is 0.400 e. The second-order valence-electron chi connectivity index (χ2n) is 5.15. The SMILES string of the molecule is COC(=O)CC[C@@H]1O[C@H](c2ccccc2)[C@H]2OS(=O)(=O)O[C@H]21. The number of hydrogen-bond acceptors (Lipinski definition) is 7. The molecule has 4 atom stereocenters. The second kappa shape index (κ2) is 5.96. The summed E-state index contributed by atoms with van der Waals surface area (Å²) < 4.78 is 43.6. The van der Waals surface area contributed by atoms with E-state index in [-0.39, 0.29) is 12.4 Å². The molecule has 0 aromatic heterocycles. The van der Waals surface area contributed by atoms with Crippen LogP contribution in [0.2, 0.25) is 0 Å². The summed E-state index contributed by atoms with van der Waals surface area (Å²) in [7, 11) is -2.72. The zero-order valence-electron chi connectivity index (χ0n) is 11.9. The average Bonchev–Trinajstić information content (AvgIpc) is 2.99. The number of rotatable bonds is 4. The predicted molar refractivity (Wildman–Crippen MR) is 74.0 cm³/mol. The third-order valence-corrected chi connectivity index (χ3v) is 4.67. The van der Waals surface area contributed by atoms with E-state index in [1.54, 1.807) is 0 Å². The number of esters is 1. The van der Waals surface area contributed by atoms with Crippen LogP contribution in [-0.4, -0.2) is 39.8 Å². The Morgan fingerprint density at radius 1 is 1.18 bits per heavy atom. The molecular weight excluding hydrogens is 312 g/mol. The van der Waals surface area contributed by atoms with E-state index in [1.807, 2.05) is 30.3 Å². The molecule has 0 saturated carbocycles. The first-order valence-electron chi connectivity index (χ1n) is 6.89. The number of ether oxygens (including phenoxy) is 2. The summed E-state index contributed by atoms with van der Waals surface area (Å²) >= 11 is 0. The Balaban J connectivity index is 1.80. The smallest absolute Gasteiger partial charge is 0.400 e. The predicted octanol–water partition coefficient (Wildman–Crippen LogP) is 1.11. The highest BCUT2D eigenvalue weighted by Crippen LogP contribution is 2.43. The zero-order chi connectivity index (χ0) is 15.7. The van der Waals surface area contributed by atoms with Gasteiger partial charge in [-0.1, -0.05) is 30.3 Å². The first-order chi connectivity index (χ1) is 10.5. The topological polar surface area (TPSA) is 88.1 Å². The number of fused-ring (bicyclic) bond motifs is 1. The molecule has 0 radical (unpaired) electrons. The van der Waals surface area contributed by atoms with E-state index in [9.17, 15) is 13.2 Å². The van der Waals surface area contributed by atoms with E-state index in [0.29, 0.717) is 6.42 Å². The molecule has 2 aliphatic heterocycles. The van der Waals surface area contributed by atoms with Crippen LogP contribution in [0.5, 0.6) is 0 Å². The summed E-state index contributed by atoms with van der Waals surface area (Å²) in [4.78, 5) is 11.3. The molecule has 0 unspecified atom stereocenters. The molecule has 3 rings (SSSR count). The van der Waals surface area contributed by atoms with Gasteiger partial charge in [-0.2, -0.15) is 8.42 Å². The van der Waals surface area contributed by atoms with Crippen LogP contribution in [0.3, 0.4) is 0 Å². The number of carbonyl (C=O) groups is 1. The van der Waals surface area contributed by atoms with E-state index < -0.39 is 34.8 Å². The van der Waals surface area contributed by atoms with Gasteiger partial charge >= 0.3 is 16.4 Å². The largest absolute Gasteiger partial charge is 0.469 e. The van der Waals surface area contributed by atoms with Gasteiger partial charge in [0.05, 0.1) is 13.2 Å². The Labute approximate surface area is 128 Å². The molecule has 2 fully saturated rings. The van der Waals surface area contributed by atoms with Gasteiger partial charge in [0.2, 0.25) is 0 Å². The van der Waals surface area contributed by atoms with E-state index in [4.69, 9.17) is 13.1 Å². The molecule has 2 saturated heterocycles. The van der Waals surface area contributed by atoms with Crippen LogP contribution in [0, 0.1) is 0 Å². The highest BCUT2D eigenvalue weighted by atomic mass is 32.3. The lowest BCUT2D eigenvalue weighted by Crippen LogP contribution is -2.28. The van der Waals surface area contributed by atoms with Crippen molar-refractivity contribution >= 4 is 16.4 Å². The lowest BCUT2D eigenvalue weighted by Gasteiger charge is -2.16. The summed E-state index contributed by atoms with van der Waals surface area (Å²) in [5, 5.41) is 0. The molecule has 2 aliphatic rings. The minimum atomic E-state index is -4.02. The minimum absolute atomic E-state index is 0.120. The van der Waals surface area contributed by atoms with Crippen LogP contribution >= 0.6 is 0 Å². The molecule has 0 spiro atoms. The quantitative estimate of drug-likeness (QED) is 0.765. The Kier molecular flexibility index (Phi) is 4.18. The van der Waals surface area contributed by atoms with E-state index in [2.05, 4.69) is 4.74 Å². The van der Waals surface area contributed by atoms with Crippen LogP contribution in [0.15, 0.2) is 30.3 Å². The molecule has 22 heavy (non-hydrogen) atoms. The third kappa shape index (κ3) is 3.00. The number of hydrogen-bond donors (Lipinski definition) is 0. The summed E-state index contributed by atoms with van der Waals surface area (Å²) in [6.45, 7) is 0. The molecular formula is C14H16O7S. The van der Waals surface area contributed by atoms with Crippen molar-refractivity contribution in [2.75, 3.05) is 7.11 Å². The van der Waals surface area contributed by atoms with E-state index in [1.165, 1.54) is 7.11 Å². The first-order valence-corrected chi connectivity index (χ1v) is 8.22. The molecule has 2 heterocycles. The van der Waals surface area contributed by atoms with Crippen molar-refractivity contribution in [2.45, 2.75) is 37.3 Å². The van der Waals surface area contributed by atoms with Gasteiger partial charge < -0.3 is 9.47 Å². The normalized spacial score (nSPS) is 32.6. The van der Waals surface area contributed by atoms with Gasteiger partial charge in [-0.05, 0) is 12.0 Å². The third-order valence-electron chi connectivity index (χ3n) is 3.76. The monoisotopic (exact) mass is 328 g/mol. The van der Waals surface area contributed by atoms with Gasteiger partial charge in [0, 0.05) is 6.42 Å². The maximum atomic E-state index is 11.6. The Morgan fingerprint density at radius 3 is 2.55 bits per heavy atom. The maximum absolute atomic E-state index is 11.6. The van der Waals surface area contributed by atoms with Gasteiger partial charge in [0.25, 0.3) is 0 Å². The lowest BCUT2D eigenvalue weighted by atomic mass is 10.0. The van der Waals surface area contributed by atoms with Crippen LogP contribution in [0.25, 0.3) is 0 Å². The first kappa shape index (κ1) is 15.4.